The van der Waals surface area contributed by atoms with Crippen molar-refractivity contribution in [2.24, 2.45) is 5.92 Å². The molecule has 1 rings (SSSR count). The Balaban J connectivity index is 1.88. The van der Waals surface area contributed by atoms with E-state index in [2.05, 4.69) is 29.5 Å². The monoisotopic (exact) mass is 185 g/mol. The molecule has 0 amide bonds. The van der Waals surface area contributed by atoms with Crippen molar-refractivity contribution in [2.45, 2.75) is 13.3 Å². The number of hydrogen-bond acceptors (Lipinski definition) is 3. The van der Waals surface area contributed by atoms with Crippen LogP contribution in [0.25, 0.3) is 0 Å². The summed E-state index contributed by atoms with van der Waals surface area (Å²) in [6.45, 7) is 9.16. The number of likely N-dealkylation sites (N-methyl/N-ethyl adjacent to an activating group) is 1. The maximum absolute atomic E-state index is 3.49. The lowest BCUT2D eigenvalue weighted by Crippen LogP contribution is -2.31. The van der Waals surface area contributed by atoms with E-state index in [0.717, 1.165) is 25.6 Å². The summed E-state index contributed by atoms with van der Waals surface area (Å²) < 4.78 is 0. The van der Waals surface area contributed by atoms with Crippen molar-refractivity contribution in [3.8, 4) is 0 Å². The van der Waals surface area contributed by atoms with Crippen LogP contribution in [0.1, 0.15) is 13.3 Å². The smallest absolute Gasteiger partial charge is 0.00768 e. The predicted octanol–water partition coefficient (Wildman–Crippen LogP) is 0.137. The van der Waals surface area contributed by atoms with Crippen molar-refractivity contribution in [1.82, 2.24) is 15.5 Å². The zero-order chi connectivity index (χ0) is 9.52. The van der Waals surface area contributed by atoms with Crippen LogP contribution in [0.4, 0.5) is 0 Å². The van der Waals surface area contributed by atoms with Crippen molar-refractivity contribution in [2.75, 3.05) is 46.3 Å². The van der Waals surface area contributed by atoms with Gasteiger partial charge in [-0.3, -0.25) is 0 Å². The minimum Gasteiger partial charge on any atom is -0.316 e. The average Bonchev–Trinajstić information content (AvgIpc) is 2.51. The van der Waals surface area contributed by atoms with Gasteiger partial charge < -0.3 is 15.5 Å². The van der Waals surface area contributed by atoms with Crippen LogP contribution >= 0.6 is 0 Å². The van der Waals surface area contributed by atoms with E-state index in [0.29, 0.717) is 0 Å². The third-order valence-electron chi connectivity index (χ3n) is 2.65. The minimum atomic E-state index is 0.881. The minimum absolute atomic E-state index is 0.881. The van der Waals surface area contributed by atoms with Crippen LogP contribution in [0.5, 0.6) is 0 Å². The molecule has 0 spiro atoms. The Morgan fingerprint density at radius 2 is 2.08 bits per heavy atom. The third kappa shape index (κ3) is 4.60. The first-order valence-electron chi connectivity index (χ1n) is 5.43. The average molecular weight is 185 g/mol. The molecule has 1 fully saturated rings. The molecule has 3 nitrogen and oxygen atoms in total. The van der Waals surface area contributed by atoms with E-state index >= 15 is 0 Å². The van der Waals surface area contributed by atoms with Crippen LogP contribution in [0, 0.1) is 5.92 Å². The largest absolute Gasteiger partial charge is 0.316 e. The molecule has 1 aliphatic heterocycles. The zero-order valence-corrected chi connectivity index (χ0v) is 8.97. The standard InChI is InChI=1S/C10H23N3/c1-3-11-5-6-12-8-10-4-7-13(2)9-10/h10-12H,3-9H2,1-2H3. The van der Waals surface area contributed by atoms with Gasteiger partial charge >= 0.3 is 0 Å². The number of nitrogens with one attached hydrogen (secondary N) is 2. The van der Waals surface area contributed by atoms with E-state index in [9.17, 15) is 0 Å². The summed E-state index contributed by atoms with van der Waals surface area (Å²) in [7, 11) is 2.21. The van der Waals surface area contributed by atoms with E-state index in [1.807, 2.05) is 0 Å². The Hall–Kier alpha value is -0.120. The van der Waals surface area contributed by atoms with Gasteiger partial charge in [-0.1, -0.05) is 6.92 Å². The lowest BCUT2D eigenvalue weighted by molar-refractivity contribution is 0.388. The Kier molecular flexibility index (Phi) is 5.35. The van der Waals surface area contributed by atoms with Gasteiger partial charge in [0.2, 0.25) is 0 Å². The summed E-state index contributed by atoms with van der Waals surface area (Å²) in [5, 5.41) is 6.80. The second-order valence-corrected chi connectivity index (χ2v) is 3.97. The highest BCUT2D eigenvalue weighted by Gasteiger charge is 2.18. The van der Waals surface area contributed by atoms with Crippen LogP contribution in [-0.2, 0) is 0 Å². The van der Waals surface area contributed by atoms with Crippen molar-refractivity contribution in [1.29, 1.82) is 0 Å². The van der Waals surface area contributed by atoms with Gasteiger partial charge in [-0.15, -0.1) is 0 Å². The zero-order valence-electron chi connectivity index (χ0n) is 8.97. The molecule has 1 atom stereocenters. The number of rotatable bonds is 6. The van der Waals surface area contributed by atoms with Gasteiger partial charge in [-0.25, -0.2) is 0 Å². The van der Waals surface area contributed by atoms with E-state index in [1.54, 1.807) is 0 Å². The molecule has 1 unspecified atom stereocenters. The topological polar surface area (TPSA) is 27.3 Å². The molecule has 78 valence electrons. The fraction of sp³-hybridized carbons (Fsp3) is 1.00. The molecule has 3 heteroatoms. The molecule has 0 aromatic carbocycles. The quantitative estimate of drug-likeness (QED) is 0.576. The SMILES string of the molecule is CCNCCNCC1CCN(C)C1. The Bertz CT molecular complexity index is 127. The summed E-state index contributed by atoms with van der Waals surface area (Å²) in [6, 6.07) is 0. The molecule has 1 saturated heterocycles. The molecular weight excluding hydrogens is 162 g/mol. The van der Waals surface area contributed by atoms with Gasteiger partial charge in [0.15, 0.2) is 0 Å². The van der Waals surface area contributed by atoms with E-state index < -0.39 is 0 Å². The van der Waals surface area contributed by atoms with Crippen molar-refractivity contribution in [3.05, 3.63) is 0 Å². The predicted molar refractivity (Wildman–Crippen MR) is 57.0 cm³/mol. The molecule has 0 aromatic heterocycles. The lowest BCUT2D eigenvalue weighted by atomic mass is 10.1. The van der Waals surface area contributed by atoms with Gasteiger partial charge in [-0.05, 0) is 39.0 Å². The molecule has 0 bridgehead atoms. The van der Waals surface area contributed by atoms with Gasteiger partial charge in [0.1, 0.15) is 0 Å². The highest BCUT2D eigenvalue weighted by molar-refractivity contribution is 4.74. The Morgan fingerprint density at radius 3 is 2.69 bits per heavy atom. The molecule has 0 radical (unpaired) electrons. The second-order valence-electron chi connectivity index (χ2n) is 3.97. The Labute approximate surface area is 81.9 Å². The van der Waals surface area contributed by atoms with Crippen LogP contribution in [-0.4, -0.2) is 51.2 Å². The molecule has 1 heterocycles. The highest BCUT2D eigenvalue weighted by atomic mass is 15.1. The van der Waals surface area contributed by atoms with Crippen LogP contribution < -0.4 is 10.6 Å². The normalized spacial score (nSPS) is 24.0. The molecule has 1 aliphatic rings. The van der Waals surface area contributed by atoms with Crippen LogP contribution in [0.3, 0.4) is 0 Å². The Morgan fingerprint density at radius 1 is 1.31 bits per heavy atom. The molecule has 0 aromatic rings. The first-order chi connectivity index (χ1) is 6.33. The molecule has 2 N–H and O–H groups in total. The summed E-state index contributed by atoms with van der Waals surface area (Å²) in [6.07, 6.45) is 1.37. The maximum Gasteiger partial charge on any atom is 0.00768 e. The van der Waals surface area contributed by atoms with Crippen molar-refractivity contribution < 1.29 is 0 Å². The highest BCUT2D eigenvalue weighted by Crippen LogP contribution is 2.12. The van der Waals surface area contributed by atoms with Crippen LogP contribution in [0.2, 0.25) is 0 Å². The second kappa shape index (κ2) is 6.35. The molecule has 0 aliphatic carbocycles. The van der Waals surface area contributed by atoms with Gasteiger partial charge in [0, 0.05) is 19.6 Å². The fourth-order valence-electron chi connectivity index (χ4n) is 1.85. The summed E-state index contributed by atoms with van der Waals surface area (Å²) in [5.74, 6) is 0.881. The molecule has 0 saturated carbocycles. The fourth-order valence-corrected chi connectivity index (χ4v) is 1.85. The molecule has 13 heavy (non-hydrogen) atoms. The van der Waals surface area contributed by atoms with Crippen molar-refractivity contribution >= 4 is 0 Å². The third-order valence-corrected chi connectivity index (χ3v) is 2.65. The summed E-state index contributed by atoms with van der Waals surface area (Å²) in [5.41, 5.74) is 0. The van der Waals surface area contributed by atoms with E-state index in [1.165, 1.54) is 26.1 Å². The van der Waals surface area contributed by atoms with Gasteiger partial charge in [-0.2, -0.15) is 0 Å². The van der Waals surface area contributed by atoms with Crippen molar-refractivity contribution in [3.63, 3.8) is 0 Å². The lowest BCUT2D eigenvalue weighted by Gasteiger charge is -2.11. The van der Waals surface area contributed by atoms with Gasteiger partial charge in [0.05, 0.1) is 0 Å². The number of likely N-dealkylation sites (tertiary alicyclic amines) is 1. The molecular formula is C10H23N3. The maximum atomic E-state index is 3.49. The van der Waals surface area contributed by atoms with E-state index in [4.69, 9.17) is 0 Å². The first-order valence-corrected chi connectivity index (χ1v) is 5.43. The summed E-state index contributed by atoms with van der Waals surface area (Å²) in [4.78, 5) is 2.41. The summed E-state index contributed by atoms with van der Waals surface area (Å²) >= 11 is 0. The van der Waals surface area contributed by atoms with Crippen LogP contribution in [0.15, 0.2) is 0 Å². The van der Waals surface area contributed by atoms with E-state index in [-0.39, 0.29) is 0 Å². The van der Waals surface area contributed by atoms with Gasteiger partial charge in [0.25, 0.3) is 0 Å². The number of hydrogen-bond donors (Lipinski definition) is 2. The number of nitrogens with zero attached hydrogens (tertiary/aromatic N) is 1. The first kappa shape index (κ1) is 11.0.